The summed E-state index contributed by atoms with van der Waals surface area (Å²) in [6.45, 7) is 1.84. The van der Waals surface area contributed by atoms with Gasteiger partial charge in [0.15, 0.2) is 0 Å². The Bertz CT molecular complexity index is 584. The SMILES string of the molecule is Cc1ccccc1C(=O)c1ccc(C(=O)O)[nH]1. The highest BCUT2D eigenvalue weighted by Crippen LogP contribution is 2.13. The Balaban J connectivity index is 2.37. The smallest absolute Gasteiger partial charge is 0.352 e. The van der Waals surface area contributed by atoms with E-state index in [2.05, 4.69) is 4.98 Å². The minimum atomic E-state index is -1.08. The molecule has 2 aromatic rings. The average Bonchev–Trinajstić information content (AvgIpc) is 2.78. The number of carboxylic acids is 1. The normalized spacial score (nSPS) is 10.2. The summed E-state index contributed by atoms with van der Waals surface area (Å²) in [6, 6.07) is 10.1. The lowest BCUT2D eigenvalue weighted by Gasteiger charge is -2.02. The highest BCUT2D eigenvalue weighted by atomic mass is 16.4. The van der Waals surface area contributed by atoms with Crippen LogP contribution in [0.5, 0.6) is 0 Å². The Morgan fingerprint density at radius 2 is 1.71 bits per heavy atom. The number of carbonyl (C=O) groups is 2. The number of nitrogens with one attached hydrogen (secondary N) is 1. The molecule has 4 nitrogen and oxygen atoms in total. The number of benzene rings is 1. The van der Waals surface area contributed by atoms with Crippen molar-refractivity contribution in [1.82, 2.24) is 4.98 Å². The second-order valence-electron chi connectivity index (χ2n) is 3.73. The Morgan fingerprint density at radius 3 is 2.29 bits per heavy atom. The first-order valence-electron chi connectivity index (χ1n) is 5.12. The van der Waals surface area contributed by atoms with Crippen LogP contribution in [0.15, 0.2) is 36.4 Å². The lowest BCUT2D eigenvalue weighted by atomic mass is 10.0. The van der Waals surface area contributed by atoms with Gasteiger partial charge in [-0.3, -0.25) is 4.79 Å². The van der Waals surface area contributed by atoms with Gasteiger partial charge >= 0.3 is 5.97 Å². The Labute approximate surface area is 97.9 Å². The molecule has 2 N–H and O–H groups in total. The standard InChI is InChI=1S/C13H11NO3/c1-8-4-2-3-5-9(8)12(15)10-6-7-11(14-10)13(16)17/h2-7,14H,1H3,(H,16,17). The summed E-state index contributed by atoms with van der Waals surface area (Å²) in [6.07, 6.45) is 0. The summed E-state index contributed by atoms with van der Waals surface area (Å²) < 4.78 is 0. The van der Waals surface area contributed by atoms with E-state index in [4.69, 9.17) is 5.11 Å². The first-order valence-corrected chi connectivity index (χ1v) is 5.12. The van der Waals surface area contributed by atoms with Crippen molar-refractivity contribution in [2.45, 2.75) is 6.92 Å². The quantitative estimate of drug-likeness (QED) is 0.793. The van der Waals surface area contributed by atoms with Gasteiger partial charge < -0.3 is 10.1 Å². The summed E-state index contributed by atoms with van der Waals surface area (Å²) in [5.74, 6) is -1.27. The van der Waals surface area contributed by atoms with Crippen molar-refractivity contribution in [2.24, 2.45) is 0 Å². The molecule has 0 bridgehead atoms. The Hall–Kier alpha value is -2.36. The summed E-state index contributed by atoms with van der Waals surface area (Å²) in [4.78, 5) is 25.4. The Kier molecular flexibility index (Phi) is 2.78. The highest BCUT2D eigenvalue weighted by Gasteiger charge is 2.14. The molecule has 0 amide bonds. The fraction of sp³-hybridized carbons (Fsp3) is 0.0769. The molecule has 0 aliphatic carbocycles. The maximum Gasteiger partial charge on any atom is 0.352 e. The van der Waals surface area contributed by atoms with Crippen molar-refractivity contribution in [3.63, 3.8) is 0 Å². The van der Waals surface area contributed by atoms with Gasteiger partial charge in [0.05, 0.1) is 5.69 Å². The molecule has 0 fully saturated rings. The summed E-state index contributed by atoms with van der Waals surface area (Å²) >= 11 is 0. The lowest BCUT2D eigenvalue weighted by Crippen LogP contribution is -2.05. The van der Waals surface area contributed by atoms with Gasteiger partial charge in [-0.05, 0) is 24.6 Å². The Morgan fingerprint density at radius 1 is 1.06 bits per heavy atom. The summed E-state index contributed by atoms with van der Waals surface area (Å²) in [7, 11) is 0. The number of ketones is 1. The van der Waals surface area contributed by atoms with E-state index in [1.807, 2.05) is 19.1 Å². The number of H-pyrrole nitrogens is 1. The van der Waals surface area contributed by atoms with E-state index in [-0.39, 0.29) is 17.2 Å². The third-order valence-corrected chi connectivity index (χ3v) is 2.55. The minimum Gasteiger partial charge on any atom is -0.477 e. The number of aromatic carboxylic acids is 1. The molecular weight excluding hydrogens is 218 g/mol. The van der Waals surface area contributed by atoms with Crippen molar-refractivity contribution in [1.29, 1.82) is 0 Å². The van der Waals surface area contributed by atoms with Gasteiger partial charge in [-0.2, -0.15) is 0 Å². The van der Waals surface area contributed by atoms with Crippen LogP contribution in [0, 0.1) is 6.92 Å². The predicted molar refractivity (Wildman–Crippen MR) is 62.4 cm³/mol. The molecule has 0 saturated carbocycles. The van der Waals surface area contributed by atoms with Crippen LogP contribution in [-0.4, -0.2) is 21.8 Å². The molecule has 2 rings (SSSR count). The van der Waals surface area contributed by atoms with Crippen molar-refractivity contribution in [3.8, 4) is 0 Å². The molecule has 0 aliphatic rings. The van der Waals surface area contributed by atoms with Crippen molar-refractivity contribution < 1.29 is 14.7 Å². The molecule has 1 aromatic carbocycles. The third kappa shape index (κ3) is 2.10. The van der Waals surface area contributed by atoms with Crippen LogP contribution in [0.4, 0.5) is 0 Å². The van der Waals surface area contributed by atoms with Gasteiger partial charge in [0.25, 0.3) is 0 Å². The number of hydrogen-bond acceptors (Lipinski definition) is 2. The van der Waals surface area contributed by atoms with Crippen LogP contribution in [0.3, 0.4) is 0 Å². The van der Waals surface area contributed by atoms with Crippen LogP contribution < -0.4 is 0 Å². The number of aromatic nitrogens is 1. The van der Waals surface area contributed by atoms with E-state index in [1.165, 1.54) is 12.1 Å². The van der Waals surface area contributed by atoms with E-state index >= 15 is 0 Å². The van der Waals surface area contributed by atoms with E-state index in [0.717, 1.165) is 5.56 Å². The second-order valence-corrected chi connectivity index (χ2v) is 3.73. The van der Waals surface area contributed by atoms with Gasteiger partial charge in [0.1, 0.15) is 5.69 Å². The first kappa shape index (κ1) is 11.1. The zero-order chi connectivity index (χ0) is 12.4. The largest absolute Gasteiger partial charge is 0.477 e. The predicted octanol–water partition coefficient (Wildman–Crippen LogP) is 2.25. The zero-order valence-electron chi connectivity index (χ0n) is 9.23. The molecule has 0 unspecified atom stereocenters. The monoisotopic (exact) mass is 229 g/mol. The topological polar surface area (TPSA) is 70.2 Å². The van der Waals surface area contributed by atoms with Crippen LogP contribution in [0.2, 0.25) is 0 Å². The van der Waals surface area contributed by atoms with Crippen molar-refractivity contribution in [3.05, 3.63) is 58.9 Å². The molecule has 1 heterocycles. The fourth-order valence-electron chi connectivity index (χ4n) is 1.63. The van der Waals surface area contributed by atoms with Gasteiger partial charge in [0, 0.05) is 5.56 Å². The number of carbonyl (C=O) groups excluding carboxylic acids is 1. The van der Waals surface area contributed by atoms with E-state index in [9.17, 15) is 9.59 Å². The number of aryl methyl sites for hydroxylation is 1. The molecule has 1 aromatic heterocycles. The molecule has 0 aliphatic heterocycles. The third-order valence-electron chi connectivity index (χ3n) is 2.55. The van der Waals surface area contributed by atoms with Gasteiger partial charge in [-0.1, -0.05) is 24.3 Å². The molecule has 17 heavy (non-hydrogen) atoms. The van der Waals surface area contributed by atoms with Crippen LogP contribution in [0.1, 0.15) is 32.1 Å². The molecule has 0 radical (unpaired) electrons. The van der Waals surface area contributed by atoms with Crippen molar-refractivity contribution >= 4 is 11.8 Å². The van der Waals surface area contributed by atoms with Crippen molar-refractivity contribution in [2.75, 3.05) is 0 Å². The zero-order valence-corrected chi connectivity index (χ0v) is 9.23. The molecule has 0 atom stereocenters. The minimum absolute atomic E-state index is 0.0157. The molecule has 86 valence electrons. The fourth-order valence-corrected chi connectivity index (χ4v) is 1.63. The van der Waals surface area contributed by atoms with E-state index in [1.54, 1.807) is 12.1 Å². The number of hydrogen-bond donors (Lipinski definition) is 2. The number of aromatic amines is 1. The molecule has 0 spiro atoms. The lowest BCUT2D eigenvalue weighted by molar-refractivity contribution is 0.0691. The summed E-state index contributed by atoms with van der Waals surface area (Å²) in [5.41, 5.74) is 1.74. The van der Waals surface area contributed by atoms with Crippen LogP contribution in [0.25, 0.3) is 0 Å². The van der Waals surface area contributed by atoms with Crippen LogP contribution >= 0.6 is 0 Å². The molecular formula is C13H11NO3. The number of rotatable bonds is 3. The maximum absolute atomic E-state index is 12.1. The summed E-state index contributed by atoms with van der Waals surface area (Å²) in [5, 5.41) is 8.76. The van der Waals surface area contributed by atoms with E-state index < -0.39 is 5.97 Å². The van der Waals surface area contributed by atoms with Crippen LogP contribution in [-0.2, 0) is 0 Å². The van der Waals surface area contributed by atoms with Gasteiger partial charge in [0.2, 0.25) is 5.78 Å². The average molecular weight is 229 g/mol. The molecule has 4 heteroatoms. The maximum atomic E-state index is 12.1. The van der Waals surface area contributed by atoms with Gasteiger partial charge in [-0.25, -0.2) is 4.79 Å². The number of carboxylic acid groups (broad SMARTS) is 1. The second kappa shape index (κ2) is 4.25. The highest BCUT2D eigenvalue weighted by molar-refractivity contribution is 6.09. The van der Waals surface area contributed by atoms with Gasteiger partial charge in [-0.15, -0.1) is 0 Å². The van der Waals surface area contributed by atoms with E-state index in [0.29, 0.717) is 5.56 Å². The first-order chi connectivity index (χ1) is 8.09. The molecule has 0 saturated heterocycles.